The molecule has 1 unspecified atom stereocenters. The largest absolute Gasteiger partial charge is 0.491 e. The molecule has 1 rings (SSSR count). The van der Waals surface area contributed by atoms with E-state index < -0.39 is 36.5 Å². The van der Waals surface area contributed by atoms with Gasteiger partial charge in [0.25, 0.3) is 5.60 Å². The molecule has 0 aromatic carbocycles. The summed E-state index contributed by atoms with van der Waals surface area (Å²) in [6, 6.07) is 0. The van der Waals surface area contributed by atoms with Crippen molar-refractivity contribution in [1.82, 2.24) is 0 Å². The molecular weight excluding hydrogens is 321 g/mol. The molecule has 0 heterocycles. The van der Waals surface area contributed by atoms with Crippen molar-refractivity contribution in [2.24, 2.45) is 0 Å². The Bertz CT molecular complexity index is 521. The van der Waals surface area contributed by atoms with Crippen LogP contribution in [-0.2, 0) is 23.1 Å². The van der Waals surface area contributed by atoms with E-state index in [0.717, 1.165) is 0 Å². The van der Waals surface area contributed by atoms with Gasteiger partial charge >= 0.3 is 13.3 Å². The fourth-order valence-electron chi connectivity index (χ4n) is 2.11. The second-order valence-electron chi connectivity index (χ2n) is 5.03. The minimum atomic E-state index is -5.07. The molecule has 0 aromatic heterocycles. The van der Waals surface area contributed by atoms with Crippen LogP contribution in [0, 0.1) is 0 Å². The number of ether oxygens (including phenoxy) is 1. The second-order valence-corrected chi connectivity index (χ2v) is 7.11. The molecule has 128 valence electrons. The molecule has 6 nitrogen and oxygen atoms in total. The van der Waals surface area contributed by atoms with E-state index in [2.05, 4.69) is 9.05 Å². The van der Waals surface area contributed by atoms with Gasteiger partial charge in [-0.25, -0.2) is 0 Å². The average molecular weight is 342 g/mol. The summed E-state index contributed by atoms with van der Waals surface area (Å²) in [5.41, 5.74) is -7.95. The molecule has 0 fully saturated rings. The van der Waals surface area contributed by atoms with E-state index in [-0.39, 0.29) is 18.8 Å². The van der Waals surface area contributed by atoms with Gasteiger partial charge in [0.05, 0.1) is 19.3 Å². The van der Waals surface area contributed by atoms with Crippen LogP contribution in [0.2, 0.25) is 0 Å². The number of aliphatic hydroxyl groups is 1. The van der Waals surface area contributed by atoms with Gasteiger partial charge < -0.3 is 18.9 Å². The predicted molar refractivity (Wildman–Crippen MR) is 74.7 cm³/mol. The lowest BCUT2D eigenvalue weighted by Gasteiger charge is -2.44. The van der Waals surface area contributed by atoms with Crippen molar-refractivity contribution in [3.8, 4) is 0 Å². The molecule has 0 bridgehead atoms. The molecule has 0 saturated heterocycles. The molecule has 1 atom stereocenters. The fourth-order valence-corrected chi connectivity index (χ4v) is 3.78. The van der Waals surface area contributed by atoms with E-state index >= 15 is 0 Å². The first kappa shape index (κ1) is 19.2. The average Bonchev–Trinajstić information content (AvgIpc) is 2.43. The van der Waals surface area contributed by atoms with Crippen LogP contribution in [0.3, 0.4) is 0 Å². The van der Waals surface area contributed by atoms with Crippen LogP contribution in [0.1, 0.15) is 34.6 Å². The quantitative estimate of drug-likeness (QED) is 0.683. The summed E-state index contributed by atoms with van der Waals surface area (Å²) in [6.45, 7) is 6.37. The van der Waals surface area contributed by atoms with Crippen molar-refractivity contribution in [2.45, 2.75) is 52.0 Å². The predicted octanol–water partition coefficient (Wildman–Crippen LogP) is 2.86. The van der Waals surface area contributed by atoms with Gasteiger partial charge in [0.2, 0.25) is 5.78 Å². The molecule has 22 heavy (non-hydrogen) atoms. The number of alkyl halides is 2. The van der Waals surface area contributed by atoms with Crippen LogP contribution < -0.4 is 0 Å². The lowest BCUT2D eigenvalue weighted by molar-refractivity contribution is -0.177. The Kier molecular flexibility index (Phi) is 5.55. The smallest absolute Gasteiger partial charge is 0.403 e. The summed E-state index contributed by atoms with van der Waals surface area (Å²) in [7, 11) is -5.07. The van der Waals surface area contributed by atoms with Crippen molar-refractivity contribution in [1.29, 1.82) is 0 Å². The highest BCUT2D eigenvalue weighted by Crippen LogP contribution is 2.69. The molecule has 9 heteroatoms. The van der Waals surface area contributed by atoms with Gasteiger partial charge in [0.15, 0.2) is 0 Å². The van der Waals surface area contributed by atoms with Gasteiger partial charge in [-0.3, -0.25) is 9.36 Å². The number of carbonyl (C=O) groups is 1. The summed E-state index contributed by atoms with van der Waals surface area (Å²) in [6.07, 6.45) is -0.557. The van der Waals surface area contributed by atoms with Crippen molar-refractivity contribution in [3.63, 3.8) is 0 Å². The molecule has 0 radical (unpaired) electrons. The second kappa shape index (κ2) is 6.35. The topological polar surface area (TPSA) is 82.1 Å². The van der Waals surface area contributed by atoms with Crippen LogP contribution in [0.4, 0.5) is 8.78 Å². The Balaban J connectivity index is 3.36. The zero-order valence-electron chi connectivity index (χ0n) is 13.2. The lowest BCUT2D eigenvalue weighted by Crippen LogP contribution is -2.63. The van der Waals surface area contributed by atoms with E-state index in [0.29, 0.717) is 0 Å². The number of carbonyl (C=O) groups excluding carboxylic acids is 1. The lowest BCUT2D eigenvalue weighted by atomic mass is 9.78. The van der Waals surface area contributed by atoms with Crippen molar-refractivity contribution in [3.05, 3.63) is 11.3 Å². The zero-order valence-corrected chi connectivity index (χ0v) is 14.1. The van der Waals surface area contributed by atoms with Gasteiger partial charge in [-0.1, -0.05) is 0 Å². The summed E-state index contributed by atoms with van der Waals surface area (Å²) < 4.78 is 56.1. The van der Waals surface area contributed by atoms with Crippen LogP contribution in [0.25, 0.3) is 0 Å². The van der Waals surface area contributed by atoms with Crippen molar-refractivity contribution in [2.75, 3.05) is 13.2 Å². The Morgan fingerprint density at radius 1 is 1.27 bits per heavy atom. The third-order valence-electron chi connectivity index (χ3n) is 3.07. The zero-order chi connectivity index (χ0) is 17.3. The van der Waals surface area contributed by atoms with Crippen LogP contribution in [0.15, 0.2) is 11.3 Å². The molecule has 0 aromatic rings. The van der Waals surface area contributed by atoms with Crippen LogP contribution >= 0.6 is 7.60 Å². The van der Waals surface area contributed by atoms with E-state index in [1.807, 2.05) is 0 Å². The molecular formula is C13H21F2O6P. The first-order valence-corrected chi connectivity index (χ1v) is 8.46. The molecule has 0 spiro atoms. The summed E-state index contributed by atoms with van der Waals surface area (Å²) >= 11 is 0. The van der Waals surface area contributed by atoms with Crippen LogP contribution in [-0.4, -0.2) is 41.5 Å². The Labute approximate surface area is 128 Å². The van der Waals surface area contributed by atoms with Gasteiger partial charge in [-0.2, -0.15) is 8.78 Å². The molecule has 0 amide bonds. The minimum Gasteiger partial charge on any atom is -0.491 e. The Morgan fingerprint density at radius 3 is 2.09 bits per heavy atom. The molecule has 0 aliphatic heterocycles. The molecule has 1 N–H and O–H groups in total. The molecule has 0 saturated carbocycles. The van der Waals surface area contributed by atoms with Crippen LogP contribution in [0.5, 0.6) is 0 Å². The first-order chi connectivity index (χ1) is 9.99. The number of hydrogen-bond donors (Lipinski definition) is 1. The maximum Gasteiger partial charge on any atom is 0.403 e. The Hall–Kier alpha value is -0.820. The third-order valence-corrected chi connectivity index (χ3v) is 5.28. The fraction of sp³-hybridized carbons (Fsp3) is 0.769. The van der Waals surface area contributed by atoms with E-state index in [1.54, 1.807) is 13.8 Å². The van der Waals surface area contributed by atoms with Crippen molar-refractivity contribution >= 4 is 13.4 Å². The minimum absolute atomic E-state index is 0.143. The van der Waals surface area contributed by atoms with Gasteiger partial charge in [0, 0.05) is 5.57 Å². The highest BCUT2D eigenvalue weighted by molar-refractivity contribution is 7.55. The third kappa shape index (κ3) is 2.62. The highest BCUT2D eigenvalue weighted by Gasteiger charge is 2.77. The van der Waals surface area contributed by atoms with E-state index in [9.17, 15) is 23.2 Å². The SMILES string of the molecule is CCOP(=O)(OCC)C(F)(F)C1(O)C(=O)C(C)=C1OC(C)C. The van der Waals surface area contributed by atoms with Gasteiger partial charge in [0.1, 0.15) is 5.76 Å². The highest BCUT2D eigenvalue weighted by atomic mass is 31.2. The number of hydrogen-bond acceptors (Lipinski definition) is 6. The normalized spacial score (nSPS) is 23.0. The monoisotopic (exact) mass is 342 g/mol. The van der Waals surface area contributed by atoms with Crippen molar-refractivity contribution < 1.29 is 37.0 Å². The maximum atomic E-state index is 14.7. The summed E-state index contributed by atoms with van der Waals surface area (Å²) in [5, 5.41) is 10.3. The summed E-state index contributed by atoms with van der Waals surface area (Å²) in [5.74, 6) is -1.86. The van der Waals surface area contributed by atoms with E-state index in [1.165, 1.54) is 20.8 Å². The number of Topliss-reactive ketones (excluding diaryl/α,β-unsaturated/α-hetero) is 1. The number of rotatable bonds is 8. The molecule has 1 aliphatic rings. The molecule has 1 aliphatic carbocycles. The van der Waals surface area contributed by atoms with Gasteiger partial charge in [-0.05, 0) is 34.6 Å². The maximum absolute atomic E-state index is 14.7. The van der Waals surface area contributed by atoms with E-state index in [4.69, 9.17) is 4.74 Å². The number of halogens is 2. The summed E-state index contributed by atoms with van der Waals surface area (Å²) in [4.78, 5) is 11.9. The standard InChI is InChI=1S/C13H21F2O6P/c1-6-19-22(18,20-7-2)13(14,15)12(17)10(16)9(5)11(12)21-8(3)4/h8,17H,6-7H2,1-5H3. The Morgan fingerprint density at radius 2 is 1.73 bits per heavy atom. The van der Waals surface area contributed by atoms with Gasteiger partial charge in [-0.15, -0.1) is 0 Å². The number of ketones is 1. The first-order valence-electron chi connectivity index (χ1n) is 6.91.